The molecular formula is C15H20N2O3. The Morgan fingerprint density at radius 3 is 2.90 bits per heavy atom. The van der Waals surface area contributed by atoms with E-state index in [0.717, 1.165) is 18.5 Å². The van der Waals surface area contributed by atoms with Gasteiger partial charge in [0.15, 0.2) is 0 Å². The minimum atomic E-state index is -0.292. The number of hydrogen-bond donors (Lipinski definition) is 0. The Balaban J connectivity index is 1.87. The number of ether oxygens (including phenoxy) is 2. The number of rotatable bonds is 2. The highest BCUT2D eigenvalue weighted by molar-refractivity contribution is 5.93. The van der Waals surface area contributed by atoms with E-state index >= 15 is 0 Å². The molecule has 108 valence electrons. The van der Waals surface area contributed by atoms with Crippen molar-refractivity contribution in [2.24, 2.45) is 0 Å². The predicted molar refractivity (Wildman–Crippen MR) is 73.6 cm³/mol. The summed E-state index contributed by atoms with van der Waals surface area (Å²) >= 11 is 0. The largest absolute Gasteiger partial charge is 0.379 e. The lowest BCUT2D eigenvalue weighted by atomic mass is 9.95. The third-order valence-corrected chi connectivity index (χ3v) is 4.12. The number of aromatic nitrogens is 1. The number of carbonyl (C=O) groups is 1. The average Bonchev–Trinajstić information content (AvgIpc) is 2.96. The zero-order chi connectivity index (χ0) is 14.0. The molecule has 5 heteroatoms. The Hall–Kier alpha value is -1.46. The monoisotopic (exact) mass is 276 g/mol. The molecule has 0 N–H and O–H groups in total. The fraction of sp³-hybridized carbons (Fsp3) is 0.600. The van der Waals surface area contributed by atoms with Crippen LogP contribution in [0.15, 0.2) is 18.2 Å². The third-order valence-electron chi connectivity index (χ3n) is 4.12. The van der Waals surface area contributed by atoms with Gasteiger partial charge in [0.2, 0.25) is 0 Å². The van der Waals surface area contributed by atoms with Gasteiger partial charge >= 0.3 is 0 Å². The lowest BCUT2D eigenvalue weighted by molar-refractivity contribution is -0.0553. The first kappa shape index (κ1) is 13.5. The Kier molecular flexibility index (Phi) is 3.72. The Bertz CT molecular complexity index is 498. The van der Waals surface area contributed by atoms with Gasteiger partial charge in [-0.25, -0.2) is 4.98 Å². The summed E-state index contributed by atoms with van der Waals surface area (Å²) in [5.74, 6) is -0.00546. The molecule has 2 aliphatic rings. The highest BCUT2D eigenvalue weighted by Crippen LogP contribution is 2.30. The standard InChI is InChI=1S/C15H20N2O3/c1-2-12-4-3-5-13(16-12)14(18)17-7-9-20-11-15(17)6-8-19-10-15/h3-5H,2,6-11H2,1H3. The molecule has 1 aromatic rings. The summed E-state index contributed by atoms with van der Waals surface area (Å²) in [7, 11) is 0. The highest BCUT2D eigenvalue weighted by atomic mass is 16.5. The Morgan fingerprint density at radius 1 is 1.35 bits per heavy atom. The first-order chi connectivity index (χ1) is 9.75. The Morgan fingerprint density at radius 2 is 2.15 bits per heavy atom. The molecule has 3 rings (SSSR count). The minimum absolute atomic E-state index is 0.00546. The minimum Gasteiger partial charge on any atom is -0.379 e. The van der Waals surface area contributed by atoms with Crippen molar-refractivity contribution in [2.75, 3.05) is 33.0 Å². The molecule has 2 saturated heterocycles. The second-order valence-electron chi connectivity index (χ2n) is 5.40. The molecule has 1 unspecified atom stereocenters. The van der Waals surface area contributed by atoms with E-state index in [1.54, 1.807) is 6.07 Å². The van der Waals surface area contributed by atoms with Gasteiger partial charge in [0.25, 0.3) is 5.91 Å². The zero-order valence-electron chi connectivity index (χ0n) is 11.8. The smallest absolute Gasteiger partial charge is 0.273 e. The normalized spacial score (nSPS) is 26.1. The quantitative estimate of drug-likeness (QED) is 0.816. The van der Waals surface area contributed by atoms with E-state index in [0.29, 0.717) is 38.7 Å². The summed E-state index contributed by atoms with van der Waals surface area (Å²) in [5.41, 5.74) is 1.18. The number of hydrogen-bond acceptors (Lipinski definition) is 4. The maximum Gasteiger partial charge on any atom is 0.273 e. The van der Waals surface area contributed by atoms with Crippen LogP contribution in [0.4, 0.5) is 0 Å². The van der Waals surface area contributed by atoms with Crippen molar-refractivity contribution in [1.82, 2.24) is 9.88 Å². The zero-order valence-corrected chi connectivity index (χ0v) is 11.8. The molecule has 0 radical (unpaired) electrons. The van der Waals surface area contributed by atoms with Gasteiger partial charge in [-0.1, -0.05) is 13.0 Å². The summed E-state index contributed by atoms with van der Waals surface area (Å²) in [6, 6.07) is 5.64. The van der Waals surface area contributed by atoms with Crippen LogP contribution in [0, 0.1) is 0 Å². The second-order valence-corrected chi connectivity index (χ2v) is 5.40. The molecule has 5 nitrogen and oxygen atoms in total. The second kappa shape index (κ2) is 5.50. The molecule has 3 heterocycles. The number of carbonyl (C=O) groups excluding carboxylic acids is 1. The van der Waals surface area contributed by atoms with E-state index in [1.165, 1.54) is 0 Å². The van der Waals surface area contributed by atoms with Crippen molar-refractivity contribution >= 4 is 5.91 Å². The van der Waals surface area contributed by atoms with E-state index < -0.39 is 0 Å². The molecule has 2 aliphatic heterocycles. The number of morpholine rings is 1. The van der Waals surface area contributed by atoms with E-state index in [-0.39, 0.29) is 11.4 Å². The molecule has 1 atom stereocenters. The van der Waals surface area contributed by atoms with Crippen molar-refractivity contribution in [3.05, 3.63) is 29.6 Å². The molecule has 0 aliphatic carbocycles. The van der Waals surface area contributed by atoms with Crippen LogP contribution in [-0.2, 0) is 15.9 Å². The van der Waals surface area contributed by atoms with Gasteiger partial charge in [0.05, 0.1) is 25.4 Å². The topological polar surface area (TPSA) is 51.7 Å². The van der Waals surface area contributed by atoms with Gasteiger partial charge < -0.3 is 14.4 Å². The van der Waals surface area contributed by atoms with Crippen molar-refractivity contribution in [3.63, 3.8) is 0 Å². The maximum atomic E-state index is 12.8. The lowest BCUT2D eigenvalue weighted by Gasteiger charge is -2.43. The van der Waals surface area contributed by atoms with Crippen LogP contribution in [0.2, 0.25) is 0 Å². The molecule has 0 bridgehead atoms. The summed E-state index contributed by atoms with van der Waals surface area (Å²) < 4.78 is 11.1. The SMILES string of the molecule is CCc1cccc(C(=O)N2CCOCC23CCOC3)n1. The molecule has 2 fully saturated rings. The van der Waals surface area contributed by atoms with E-state index in [1.807, 2.05) is 24.0 Å². The fourth-order valence-electron chi connectivity index (χ4n) is 2.91. The Labute approximate surface area is 118 Å². The van der Waals surface area contributed by atoms with Gasteiger partial charge in [-0.2, -0.15) is 0 Å². The molecule has 1 amide bonds. The number of pyridine rings is 1. The van der Waals surface area contributed by atoms with E-state index in [9.17, 15) is 4.79 Å². The van der Waals surface area contributed by atoms with Crippen molar-refractivity contribution < 1.29 is 14.3 Å². The lowest BCUT2D eigenvalue weighted by Crippen LogP contribution is -2.59. The molecule has 1 aromatic heterocycles. The van der Waals surface area contributed by atoms with Crippen LogP contribution in [-0.4, -0.2) is 54.3 Å². The number of nitrogens with zero attached hydrogens (tertiary/aromatic N) is 2. The fourth-order valence-corrected chi connectivity index (χ4v) is 2.91. The van der Waals surface area contributed by atoms with Gasteiger partial charge in [-0.15, -0.1) is 0 Å². The summed E-state index contributed by atoms with van der Waals surface area (Å²) in [6.45, 7) is 5.05. The van der Waals surface area contributed by atoms with E-state index in [2.05, 4.69) is 4.98 Å². The number of amides is 1. The first-order valence-electron chi connectivity index (χ1n) is 7.18. The van der Waals surface area contributed by atoms with Crippen molar-refractivity contribution in [1.29, 1.82) is 0 Å². The molecule has 0 saturated carbocycles. The summed E-state index contributed by atoms with van der Waals surface area (Å²) in [5, 5.41) is 0. The highest BCUT2D eigenvalue weighted by Gasteiger charge is 2.45. The van der Waals surface area contributed by atoms with Gasteiger partial charge in [0, 0.05) is 18.8 Å². The number of aryl methyl sites for hydroxylation is 1. The maximum absolute atomic E-state index is 12.8. The molecule has 1 spiro atoms. The van der Waals surface area contributed by atoms with Crippen LogP contribution in [0.25, 0.3) is 0 Å². The van der Waals surface area contributed by atoms with Crippen LogP contribution in [0.5, 0.6) is 0 Å². The van der Waals surface area contributed by atoms with Crippen LogP contribution < -0.4 is 0 Å². The summed E-state index contributed by atoms with van der Waals surface area (Å²) in [6.07, 6.45) is 1.67. The van der Waals surface area contributed by atoms with Crippen molar-refractivity contribution in [3.8, 4) is 0 Å². The van der Waals surface area contributed by atoms with E-state index in [4.69, 9.17) is 9.47 Å². The van der Waals surface area contributed by atoms with Crippen molar-refractivity contribution in [2.45, 2.75) is 25.3 Å². The van der Waals surface area contributed by atoms with Gasteiger partial charge in [0.1, 0.15) is 5.69 Å². The molecule has 0 aromatic carbocycles. The summed E-state index contributed by atoms with van der Waals surface area (Å²) in [4.78, 5) is 19.1. The van der Waals surface area contributed by atoms with Gasteiger partial charge in [-0.05, 0) is 25.0 Å². The first-order valence-corrected chi connectivity index (χ1v) is 7.18. The van der Waals surface area contributed by atoms with Crippen LogP contribution >= 0.6 is 0 Å². The van der Waals surface area contributed by atoms with Crippen LogP contribution in [0.3, 0.4) is 0 Å². The van der Waals surface area contributed by atoms with Crippen LogP contribution in [0.1, 0.15) is 29.5 Å². The molecule has 20 heavy (non-hydrogen) atoms. The average molecular weight is 276 g/mol. The van der Waals surface area contributed by atoms with Gasteiger partial charge in [-0.3, -0.25) is 4.79 Å². The molecular weight excluding hydrogens is 256 g/mol. The predicted octanol–water partition coefficient (Wildman–Crippen LogP) is 1.28. The third kappa shape index (κ3) is 2.31.